The number of hydrogen-bond donors (Lipinski definition) is 2. The molecule has 2 aromatic carbocycles. The lowest BCUT2D eigenvalue weighted by Crippen LogP contribution is -3.04. The van der Waals surface area contributed by atoms with Crippen LogP contribution in [0.3, 0.4) is 0 Å². The highest BCUT2D eigenvalue weighted by atomic mass is 16.5. The number of carbonyl (C=O) groups excluding carboxylic acids is 1. The molecule has 3 aromatic rings. The Morgan fingerprint density at radius 2 is 1.74 bits per heavy atom. The summed E-state index contributed by atoms with van der Waals surface area (Å²) in [7, 11) is 4.23. The zero-order valence-electron chi connectivity index (χ0n) is 15.7. The first-order chi connectivity index (χ1) is 13.1. The van der Waals surface area contributed by atoms with Gasteiger partial charge in [-0.2, -0.15) is 4.98 Å². The lowest BCUT2D eigenvalue weighted by Gasteiger charge is -2.12. The second-order valence-corrected chi connectivity index (χ2v) is 6.81. The topological polar surface area (TPSA) is 72.5 Å². The summed E-state index contributed by atoms with van der Waals surface area (Å²) < 4.78 is 5.25. The van der Waals surface area contributed by atoms with E-state index in [1.165, 1.54) is 10.5 Å². The Hall–Kier alpha value is -2.99. The number of rotatable bonds is 8. The SMILES string of the molecule is C[NH+](C)Cc1ccccc1CNC(=O)CCc1nc(-c2ccccc2)no1. The van der Waals surface area contributed by atoms with Gasteiger partial charge in [-0.3, -0.25) is 4.79 Å². The van der Waals surface area contributed by atoms with Gasteiger partial charge in [0.15, 0.2) is 0 Å². The molecule has 0 unspecified atom stereocenters. The molecule has 0 spiro atoms. The molecular weight excluding hydrogens is 340 g/mol. The summed E-state index contributed by atoms with van der Waals surface area (Å²) in [6.07, 6.45) is 0.743. The van der Waals surface area contributed by atoms with Crippen molar-refractivity contribution in [3.8, 4) is 11.4 Å². The third-order valence-corrected chi connectivity index (χ3v) is 4.20. The smallest absolute Gasteiger partial charge is 0.227 e. The number of aryl methyl sites for hydroxylation is 1. The molecule has 0 atom stereocenters. The summed E-state index contributed by atoms with van der Waals surface area (Å²) in [6.45, 7) is 1.46. The van der Waals surface area contributed by atoms with Gasteiger partial charge in [0.25, 0.3) is 0 Å². The van der Waals surface area contributed by atoms with Crippen molar-refractivity contribution in [3.63, 3.8) is 0 Å². The molecule has 2 N–H and O–H groups in total. The average molecular weight is 365 g/mol. The zero-order valence-corrected chi connectivity index (χ0v) is 15.7. The van der Waals surface area contributed by atoms with Crippen molar-refractivity contribution < 1.29 is 14.2 Å². The maximum absolute atomic E-state index is 12.2. The molecule has 140 valence electrons. The van der Waals surface area contributed by atoms with Crippen molar-refractivity contribution >= 4 is 5.91 Å². The Balaban J connectivity index is 1.50. The summed E-state index contributed by atoms with van der Waals surface area (Å²) >= 11 is 0. The molecule has 1 aromatic heterocycles. The van der Waals surface area contributed by atoms with Crippen molar-refractivity contribution in [2.45, 2.75) is 25.9 Å². The van der Waals surface area contributed by atoms with Crippen LogP contribution in [-0.4, -0.2) is 30.1 Å². The van der Waals surface area contributed by atoms with Crippen LogP contribution in [0.25, 0.3) is 11.4 Å². The van der Waals surface area contributed by atoms with E-state index in [2.05, 4.69) is 41.7 Å². The molecule has 1 amide bonds. The first kappa shape index (κ1) is 18.8. The molecule has 27 heavy (non-hydrogen) atoms. The number of aromatic nitrogens is 2. The Morgan fingerprint density at radius 3 is 2.48 bits per heavy atom. The molecule has 0 saturated heterocycles. The third kappa shape index (κ3) is 5.49. The van der Waals surface area contributed by atoms with Gasteiger partial charge in [-0.25, -0.2) is 0 Å². The van der Waals surface area contributed by atoms with Gasteiger partial charge >= 0.3 is 0 Å². The van der Waals surface area contributed by atoms with Gasteiger partial charge in [-0.15, -0.1) is 0 Å². The lowest BCUT2D eigenvalue weighted by molar-refractivity contribution is -0.872. The molecule has 6 nitrogen and oxygen atoms in total. The Morgan fingerprint density at radius 1 is 1.04 bits per heavy atom. The lowest BCUT2D eigenvalue weighted by atomic mass is 10.1. The standard InChI is InChI=1S/C21H24N4O2/c1-25(2)15-18-11-7-6-10-17(18)14-22-19(26)12-13-20-23-21(24-27-20)16-8-4-3-5-9-16/h3-11H,12-15H2,1-2H3,(H,22,26)/p+1. The predicted octanol–water partition coefficient (Wildman–Crippen LogP) is 1.63. The molecule has 0 bridgehead atoms. The van der Waals surface area contributed by atoms with Crippen molar-refractivity contribution in [3.05, 3.63) is 71.6 Å². The molecule has 0 fully saturated rings. The molecule has 3 rings (SSSR count). The summed E-state index contributed by atoms with van der Waals surface area (Å²) in [5, 5.41) is 6.96. The normalized spacial score (nSPS) is 10.9. The average Bonchev–Trinajstić information content (AvgIpc) is 3.15. The van der Waals surface area contributed by atoms with Crippen molar-refractivity contribution in [1.82, 2.24) is 15.5 Å². The molecule has 1 heterocycles. The number of nitrogens with zero attached hydrogens (tertiary/aromatic N) is 2. The van der Waals surface area contributed by atoms with Gasteiger partial charge in [0, 0.05) is 30.5 Å². The zero-order chi connectivity index (χ0) is 19.1. The number of nitrogens with one attached hydrogen (secondary N) is 2. The predicted molar refractivity (Wildman–Crippen MR) is 103 cm³/mol. The van der Waals surface area contributed by atoms with Gasteiger partial charge in [0.1, 0.15) is 6.54 Å². The first-order valence-electron chi connectivity index (χ1n) is 9.12. The molecule has 0 aliphatic heterocycles. The van der Waals surface area contributed by atoms with E-state index in [4.69, 9.17) is 4.52 Å². The number of hydrogen-bond acceptors (Lipinski definition) is 4. The van der Waals surface area contributed by atoms with Crippen LogP contribution in [0.5, 0.6) is 0 Å². The summed E-state index contributed by atoms with van der Waals surface area (Å²) in [4.78, 5) is 17.9. The van der Waals surface area contributed by atoms with Gasteiger partial charge in [-0.05, 0) is 5.56 Å². The van der Waals surface area contributed by atoms with Crippen LogP contribution in [-0.2, 0) is 24.3 Å². The Labute approximate surface area is 159 Å². The molecule has 0 saturated carbocycles. The summed E-state index contributed by atoms with van der Waals surface area (Å²) in [6, 6.07) is 17.8. The van der Waals surface area contributed by atoms with Crippen LogP contribution < -0.4 is 10.2 Å². The minimum atomic E-state index is -0.0264. The molecule has 0 aliphatic carbocycles. The Bertz CT molecular complexity index is 875. The molecule has 0 radical (unpaired) electrons. The first-order valence-corrected chi connectivity index (χ1v) is 9.12. The summed E-state index contributed by atoms with van der Waals surface area (Å²) in [5.41, 5.74) is 3.30. The van der Waals surface area contributed by atoms with E-state index < -0.39 is 0 Å². The van der Waals surface area contributed by atoms with Crippen molar-refractivity contribution in [1.29, 1.82) is 0 Å². The van der Waals surface area contributed by atoms with Crippen LogP contribution in [0.2, 0.25) is 0 Å². The number of amides is 1. The van der Waals surface area contributed by atoms with E-state index in [9.17, 15) is 4.79 Å². The number of benzene rings is 2. The van der Waals surface area contributed by atoms with E-state index in [-0.39, 0.29) is 5.91 Å². The molecule has 6 heteroatoms. The molecule has 0 aliphatic rings. The van der Waals surface area contributed by atoms with Crippen LogP contribution in [0.15, 0.2) is 59.1 Å². The van der Waals surface area contributed by atoms with Crippen LogP contribution in [0, 0.1) is 0 Å². The third-order valence-electron chi connectivity index (χ3n) is 4.20. The minimum Gasteiger partial charge on any atom is -0.352 e. The van der Waals surface area contributed by atoms with E-state index in [0.29, 0.717) is 31.1 Å². The van der Waals surface area contributed by atoms with Crippen LogP contribution >= 0.6 is 0 Å². The monoisotopic (exact) mass is 365 g/mol. The quantitative estimate of drug-likeness (QED) is 0.636. The fraction of sp³-hybridized carbons (Fsp3) is 0.286. The minimum absolute atomic E-state index is 0.0264. The van der Waals surface area contributed by atoms with Gasteiger partial charge in [0.2, 0.25) is 17.6 Å². The number of carbonyl (C=O) groups is 1. The van der Waals surface area contributed by atoms with E-state index >= 15 is 0 Å². The van der Waals surface area contributed by atoms with E-state index in [1.54, 1.807) is 0 Å². The maximum Gasteiger partial charge on any atom is 0.227 e. The van der Waals surface area contributed by atoms with Crippen molar-refractivity contribution in [2.24, 2.45) is 0 Å². The second-order valence-electron chi connectivity index (χ2n) is 6.81. The van der Waals surface area contributed by atoms with Crippen LogP contribution in [0.4, 0.5) is 0 Å². The van der Waals surface area contributed by atoms with E-state index in [0.717, 1.165) is 17.7 Å². The van der Waals surface area contributed by atoms with Crippen LogP contribution in [0.1, 0.15) is 23.4 Å². The van der Waals surface area contributed by atoms with Gasteiger partial charge in [0.05, 0.1) is 14.1 Å². The molecular formula is C21H25N4O2+. The highest BCUT2D eigenvalue weighted by molar-refractivity contribution is 5.76. The largest absolute Gasteiger partial charge is 0.352 e. The fourth-order valence-corrected chi connectivity index (χ4v) is 2.85. The van der Waals surface area contributed by atoms with E-state index in [1.807, 2.05) is 42.5 Å². The van der Waals surface area contributed by atoms with Crippen molar-refractivity contribution in [2.75, 3.05) is 14.1 Å². The van der Waals surface area contributed by atoms with Gasteiger partial charge < -0.3 is 14.7 Å². The highest BCUT2D eigenvalue weighted by Gasteiger charge is 2.11. The second kappa shape index (κ2) is 9.09. The van der Waals surface area contributed by atoms with Gasteiger partial charge in [-0.1, -0.05) is 59.8 Å². The summed E-state index contributed by atoms with van der Waals surface area (Å²) in [5.74, 6) is 0.994. The maximum atomic E-state index is 12.2. The Kier molecular flexibility index (Phi) is 6.33. The number of quaternary nitrogens is 1. The fourth-order valence-electron chi connectivity index (χ4n) is 2.85. The highest BCUT2D eigenvalue weighted by Crippen LogP contribution is 2.15.